The number of H-pyrrole nitrogens is 1. The van der Waals surface area contributed by atoms with E-state index in [1.165, 1.54) is 12.1 Å². The summed E-state index contributed by atoms with van der Waals surface area (Å²) in [6.45, 7) is 2.45. The molecule has 1 unspecified atom stereocenters. The lowest BCUT2D eigenvalue weighted by Gasteiger charge is -2.19. The maximum atomic E-state index is 5.47. The fourth-order valence-electron chi connectivity index (χ4n) is 1.96. The van der Waals surface area contributed by atoms with Crippen LogP contribution in [0.25, 0.3) is 0 Å². The normalized spacial score (nSPS) is 21.8. The molecule has 4 heteroatoms. The number of hydrogen-bond donors (Lipinski definition) is 2. The number of ether oxygens (including phenoxy) is 1. The van der Waals surface area contributed by atoms with Crippen molar-refractivity contribution in [2.75, 3.05) is 19.8 Å². The van der Waals surface area contributed by atoms with Gasteiger partial charge < -0.3 is 15.5 Å². The minimum atomic E-state index is 0.463. The molecule has 1 fully saturated rings. The third-order valence-corrected chi connectivity index (χ3v) is 2.85. The van der Waals surface area contributed by atoms with Gasteiger partial charge >= 0.3 is 0 Å². The van der Waals surface area contributed by atoms with Crippen molar-refractivity contribution in [3.63, 3.8) is 0 Å². The van der Waals surface area contributed by atoms with Gasteiger partial charge in [-0.05, 0) is 32.2 Å². The monoisotopic (exact) mass is 209 g/mol. The molecular formula is C11H19N3O. The summed E-state index contributed by atoms with van der Waals surface area (Å²) >= 11 is 0. The number of hydrogen-bond acceptors (Lipinski definition) is 3. The molecule has 0 saturated carbocycles. The number of rotatable bonds is 4. The maximum Gasteiger partial charge on any atom is 0.111 e. The quantitative estimate of drug-likeness (QED) is 0.783. The zero-order valence-electron chi connectivity index (χ0n) is 9.04. The van der Waals surface area contributed by atoms with Crippen LogP contribution in [-0.2, 0) is 11.2 Å². The largest absolute Gasteiger partial charge is 0.381 e. The molecule has 84 valence electrons. The zero-order chi connectivity index (χ0) is 10.5. The second-order valence-electron chi connectivity index (χ2n) is 4.10. The van der Waals surface area contributed by atoms with Crippen molar-refractivity contribution in [2.24, 2.45) is 5.73 Å². The first kappa shape index (κ1) is 10.6. The number of nitrogens with two attached hydrogens (primary N) is 1. The third kappa shape index (κ3) is 2.79. The van der Waals surface area contributed by atoms with E-state index >= 15 is 0 Å². The zero-order valence-corrected chi connectivity index (χ0v) is 9.04. The molecule has 15 heavy (non-hydrogen) atoms. The van der Waals surface area contributed by atoms with E-state index in [0.717, 1.165) is 44.8 Å². The van der Waals surface area contributed by atoms with Gasteiger partial charge in [0.2, 0.25) is 0 Å². The fraction of sp³-hybridized carbons (Fsp3) is 0.727. The standard InChI is InChI=1S/C11H19N3O/c12-5-1-4-10-7-13-11(14-10)9-3-2-6-15-8-9/h7,9H,1-6,8,12H2,(H,13,14). The molecule has 0 spiro atoms. The number of imidazole rings is 1. The summed E-state index contributed by atoms with van der Waals surface area (Å²) in [6.07, 6.45) is 6.27. The van der Waals surface area contributed by atoms with Crippen LogP contribution in [0.2, 0.25) is 0 Å². The van der Waals surface area contributed by atoms with Gasteiger partial charge in [-0.2, -0.15) is 0 Å². The molecule has 0 aromatic carbocycles. The van der Waals surface area contributed by atoms with Crippen molar-refractivity contribution in [3.8, 4) is 0 Å². The van der Waals surface area contributed by atoms with Crippen molar-refractivity contribution in [1.29, 1.82) is 0 Å². The number of aromatic amines is 1. The van der Waals surface area contributed by atoms with E-state index in [9.17, 15) is 0 Å². The van der Waals surface area contributed by atoms with Gasteiger partial charge in [0.15, 0.2) is 0 Å². The van der Waals surface area contributed by atoms with Crippen molar-refractivity contribution in [3.05, 3.63) is 17.7 Å². The summed E-state index contributed by atoms with van der Waals surface area (Å²) in [6, 6.07) is 0. The van der Waals surface area contributed by atoms with Crippen LogP contribution in [-0.4, -0.2) is 29.7 Å². The highest BCUT2D eigenvalue weighted by Crippen LogP contribution is 2.22. The molecule has 1 aromatic rings. The van der Waals surface area contributed by atoms with Crippen LogP contribution >= 0.6 is 0 Å². The van der Waals surface area contributed by atoms with E-state index in [-0.39, 0.29) is 0 Å². The molecule has 0 amide bonds. The summed E-state index contributed by atoms with van der Waals surface area (Å²) < 4.78 is 5.45. The molecule has 2 heterocycles. The van der Waals surface area contributed by atoms with Crippen LogP contribution < -0.4 is 5.73 Å². The van der Waals surface area contributed by atoms with Crippen LogP contribution in [0.1, 0.15) is 36.7 Å². The minimum Gasteiger partial charge on any atom is -0.381 e. The first-order valence-electron chi connectivity index (χ1n) is 5.71. The van der Waals surface area contributed by atoms with Gasteiger partial charge in [0, 0.05) is 24.4 Å². The highest BCUT2D eigenvalue weighted by molar-refractivity contribution is 5.06. The van der Waals surface area contributed by atoms with Gasteiger partial charge in [-0.1, -0.05) is 0 Å². The van der Waals surface area contributed by atoms with Crippen molar-refractivity contribution >= 4 is 0 Å². The van der Waals surface area contributed by atoms with Gasteiger partial charge in [-0.25, -0.2) is 4.98 Å². The molecule has 1 aliphatic rings. The number of aromatic nitrogens is 2. The average Bonchev–Trinajstić information content (AvgIpc) is 2.76. The van der Waals surface area contributed by atoms with E-state index in [1.807, 2.05) is 6.20 Å². The van der Waals surface area contributed by atoms with Crippen molar-refractivity contribution in [2.45, 2.75) is 31.6 Å². The van der Waals surface area contributed by atoms with Gasteiger partial charge in [0.25, 0.3) is 0 Å². The van der Waals surface area contributed by atoms with Crippen LogP contribution in [0.15, 0.2) is 6.20 Å². The first-order chi connectivity index (χ1) is 7.40. The molecule has 1 atom stereocenters. The Labute approximate surface area is 90.2 Å². The Balaban J connectivity index is 1.93. The lowest BCUT2D eigenvalue weighted by molar-refractivity contribution is 0.0782. The summed E-state index contributed by atoms with van der Waals surface area (Å²) in [4.78, 5) is 7.79. The third-order valence-electron chi connectivity index (χ3n) is 2.85. The average molecular weight is 209 g/mol. The molecule has 0 radical (unpaired) electrons. The smallest absolute Gasteiger partial charge is 0.111 e. The Morgan fingerprint density at radius 2 is 2.53 bits per heavy atom. The summed E-state index contributed by atoms with van der Waals surface area (Å²) in [7, 11) is 0. The van der Waals surface area contributed by atoms with E-state index in [1.54, 1.807) is 0 Å². The van der Waals surface area contributed by atoms with E-state index in [4.69, 9.17) is 10.5 Å². The Bertz CT molecular complexity index is 292. The van der Waals surface area contributed by atoms with Gasteiger partial charge in [0.05, 0.1) is 6.61 Å². The second-order valence-corrected chi connectivity index (χ2v) is 4.10. The summed E-state index contributed by atoms with van der Waals surface area (Å²) in [5.74, 6) is 1.55. The minimum absolute atomic E-state index is 0.463. The maximum absolute atomic E-state index is 5.47. The molecule has 1 aromatic heterocycles. The van der Waals surface area contributed by atoms with Crippen molar-refractivity contribution in [1.82, 2.24) is 9.97 Å². The van der Waals surface area contributed by atoms with Gasteiger partial charge in [-0.3, -0.25) is 0 Å². The Morgan fingerprint density at radius 1 is 1.60 bits per heavy atom. The van der Waals surface area contributed by atoms with E-state index < -0.39 is 0 Å². The van der Waals surface area contributed by atoms with Crippen LogP contribution in [0.5, 0.6) is 0 Å². The topological polar surface area (TPSA) is 63.9 Å². The molecule has 0 bridgehead atoms. The number of nitrogens with zero attached hydrogens (tertiary/aromatic N) is 1. The van der Waals surface area contributed by atoms with Gasteiger partial charge in [-0.15, -0.1) is 0 Å². The Hall–Kier alpha value is -0.870. The SMILES string of the molecule is NCCCc1cnc(C2CCCOC2)[nH]1. The molecule has 1 aliphatic heterocycles. The molecule has 1 saturated heterocycles. The summed E-state index contributed by atoms with van der Waals surface area (Å²) in [5, 5.41) is 0. The molecular weight excluding hydrogens is 190 g/mol. The summed E-state index contributed by atoms with van der Waals surface area (Å²) in [5.41, 5.74) is 6.67. The molecule has 0 aliphatic carbocycles. The molecule has 3 N–H and O–H groups in total. The highest BCUT2D eigenvalue weighted by Gasteiger charge is 2.18. The Morgan fingerprint density at radius 3 is 3.27 bits per heavy atom. The van der Waals surface area contributed by atoms with Crippen molar-refractivity contribution < 1.29 is 4.74 Å². The Kier molecular flexibility index (Phi) is 3.75. The van der Waals surface area contributed by atoms with Crippen LogP contribution in [0.3, 0.4) is 0 Å². The predicted molar refractivity (Wildman–Crippen MR) is 58.8 cm³/mol. The lowest BCUT2D eigenvalue weighted by Crippen LogP contribution is -2.16. The lowest BCUT2D eigenvalue weighted by atomic mass is 10.0. The van der Waals surface area contributed by atoms with Crippen LogP contribution in [0, 0.1) is 0 Å². The van der Waals surface area contributed by atoms with Gasteiger partial charge in [0.1, 0.15) is 5.82 Å². The highest BCUT2D eigenvalue weighted by atomic mass is 16.5. The molecule has 4 nitrogen and oxygen atoms in total. The van der Waals surface area contributed by atoms with Crippen LogP contribution in [0.4, 0.5) is 0 Å². The second kappa shape index (κ2) is 5.28. The van der Waals surface area contributed by atoms with E-state index in [2.05, 4.69) is 9.97 Å². The van der Waals surface area contributed by atoms with E-state index in [0.29, 0.717) is 5.92 Å². The first-order valence-corrected chi connectivity index (χ1v) is 5.71. The fourth-order valence-corrected chi connectivity index (χ4v) is 1.96. The number of nitrogens with one attached hydrogen (secondary N) is 1. The predicted octanol–water partition coefficient (Wildman–Crippen LogP) is 1.19. The number of aryl methyl sites for hydroxylation is 1. The molecule has 2 rings (SSSR count).